The number of anilines is 5. The molecule has 0 aliphatic rings. The molecule has 0 unspecified atom stereocenters. The number of nitrogens with zero attached hydrogens (tertiary/aromatic N) is 1. The van der Waals surface area contributed by atoms with Gasteiger partial charge < -0.3 is 14.6 Å². The van der Waals surface area contributed by atoms with Crippen LogP contribution >= 0.6 is 0 Å². The first kappa shape index (κ1) is 26.6. The van der Waals surface area contributed by atoms with Crippen molar-refractivity contribution in [2.75, 3.05) is 10.2 Å². The second-order valence-corrected chi connectivity index (χ2v) is 12.5. The standard InChI is InChI=1S/C43H32N2O/c1-26-10-18-31(19-11-26)44-37-24-16-29-15-23-36-38(25-17-30-14-22-35(37)40(29)41(30)36)45(32-20-12-27(2)13-21-32)39-9-5-8-34-33-7-4-6-28(3)42(33)46-43(34)39/h4-25,44H,1-3H3. The molecule has 220 valence electrons. The van der Waals surface area contributed by atoms with Crippen LogP contribution in [0.15, 0.2) is 138 Å². The first-order valence-corrected chi connectivity index (χ1v) is 15.9. The SMILES string of the molecule is Cc1ccc(Nc2ccc3ccc4c(N(c5ccc(C)cc5)c5cccc6c5oc5c(C)cccc56)ccc5ccc2c3c54)cc1. The van der Waals surface area contributed by atoms with Gasteiger partial charge in [0.2, 0.25) is 0 Å². The van der Waals surface area contributed by atoms with E-state index in [0.29, 0.717) is 0 Å². The van der Waals surface area contributed by atoms with Gasteiger partial charge in [-0.15, -0.1) is 0 Å². The van der Waals surface area contributed by atoms with Crippen LogP contribution in [0.3, 0.4) is 0 Å². The van der Waals surface area contributed by atoms with Gasteiger partial charge in [-0.05, 0) is 90.3 Å². The predicted octanol–water partition coefficient (Wildman–Crippen LogP) is 12.6. The molecule has 0 bridgehead atoms. The zero-order chi connectivity index (χ0) is 30.9. The van der Waals surface area contributed by atoms with E-state index in [4.69, 9.17) is 4.42 Å². The Morgan fingerprint density at radius 2 is 1.09 bits per heavy atom. The molecule has 0 saturated carbocycles. The van der Waals surface area contributed by atoms with Gasteiger partial charge in [0.15, 0.2) is 5.58 Å². The van der Waals surface area contributed by atoms with Crippen LogP contribution in [0.5, 0.6) is 0 Å². The van der Waals surface area contributed by atoms with Crippen LogP contribution in [0.1, 0.15) is 16.7 Å². The molecule has 0 radical (unpaired) electrons. The molecule has 0 amide bonds. The molecule has 8 aromatic carbocycles. The zero-order valence-electron chi connectivity index (χ0n) is 26.1. The van der Waals surface area contributed by atoms with Crippen molar-refractivity contribution in [3.63, 3.8) is 0 Å². The summed E-state index contributed by atoms with van der Waals surface area (Å²) in [4.78, 5) is 2.37. The van der Waals surface area contributed by atoms with Gasteiger partial charge in [0.25, 0.3) is 0 Å². The lowest BCUT2D eigenvalue weighted by Crippen LogP contribution is -2.11. The van der Waals surface area contributed by atoms with Gasteiger partial charge in [0.1, 0.15) is 5.58 Å². The van der Waals surface area contributed by atoms with Crippen molar-refractivity contribution in [1.82, 2.24) is 0 Å². The Balaban J connectivity index is 1.32. The van der Waals surface area contributed by atoms with Crippen LogP contribution in [-0.2, 0) is 0 Å². The highest BCUT2D eigenvalue weighted by Crippen LogP contribution is 2.47. The second kappa shape index (κ2) is 10.1. The third-order valence-electron chi connectivity index (χ3n) is 9.45. The van der Waals surface area contributed by atoms with Gasteiger partial charge in [0.05, 0.1) is 11.4 Å². The number of fused-ring (bicyclic) bond motifs is 3. The lowest BCUT2D eigenvalue weighted by atomic mass is 9.92. The van der Waals surface area contributed by atoms with Crippen molar-refractivity contribution in [1.29, 1.82) is 0 Å². The molecule has 0 aliphatic heterocycles. The number of rotatable bonds is 5. The van der Waals surface area contributed by atoms with E-state index in [1.807, 2.05) is 0 Å². The molecule has 0 saturated heterocycles. The van der Waals surface area contributed by atoms with E-state index in [1.54, 1.807) is 0 Å². The monoisotopic (exact) mass is 592 g/mol. The number of furan rings is 1. The summed E-state index contributed by atoms with van der Waals surface area (Å²) in [7, 11) is 0. The lowest BCUT2D eigenvalue weighted by molar-refractivity contribution is 0.666. The van der Waals surface area contributed by atoms with E-state index < -0.39 is 0 Å². The molecule has 9 rings (SSSR count). The fourth-order valence-corrected chi connectivity index (χ4v) is 7.11. The van der Waals surface area contributed by atoms with E-state index >= 15 is 0 Å². The van der Waals surface area contributed by atoms with E-state index in [0.717, 1.165) is 55.9 Å². The molecule has 0 atom stereocenters. The lowest BCUT2D eigenvalue weighted by Gasteiger charge is -2.28. The van der Waals surface area contributed by atoms with Gasteiger partial charge in [-0.25, -0.2) is 0 Å². The maximum atomic E-state index is 6.72. The number of benzene rings is 8. The molecule has 9 aromatic rings. The molecule has 1 heterocycles. The Hall–Kier alpha value is -5.80. The van der Waals surface area contributed by atoms with Crippen molar-refractivity contribution in [3.05, 3.63) is 150 Å². The van der Waals surface area contributed by atoms with E-state index in [1.165, 1.54) is 43.4 Å². The minimum atomic E-state index is 0.891. The molecule has 0 aliphatic carbocycles. The highest BCUT2D eigenvalue weighted by molar-refractivity contribution is 6.28. The fourth-order valence-electron chi connectivity index (χ4n) is 7.11. The smallest absolute Gasteiger partial charge is 0.159 e. The predicted molar refractivity (Wildman–Crippen MR) is 196 cm³/mol. The number of hydrogen-bond donors (Lipinski definition) is 1. The zero-order valence-corrected chi connectivity index (χ0v) is 26.1. The van der Waals surface area contributed by atoms with Crippen LogP contribution in [0.4, 0.5) is 28.4 Å². The maximum Gasteiger partial charge on any atom is 0.159 e. The van der Waals surface area contributed by atoms with Crippen LogP contribution in [0.2, 0.25) is 0 Å². The minimum Gasteiger partial charge on any atom is -0.454 e. The van der Waals surface area contributed by atoms with Gasteiger partial charge in [-0.2, -0.15) is 0 Å². The Morgan fingerprint density at radius 3 is 1.85 bits per heavy atom. The average molecular weight is 593 g/mol. The molecular weight excluding hydrogens is 560 g/mol. The molecule has 1 N–H and O–H groups in total. The van der Waals surface area contributed by atoms with Gasteiger partial charge in [-0.1, -0.05) is 102 Å². The van der Waals surface area contributed by atoms with E-state index in [9.17, 15) is 0 Å². The average Bonchev–Trinajstić information content (AvgIpc) is 3.47. The molecular formula is C43H32N2O. The molecule has 1 aromatic heterocycles. The summed E-state index contributed by atoms with van der Waals surface area (Å²) < 4.78 is 6.72. The summed E-state index contributed by atoms with van der Waals surface area (Å²) in [6, 6.07) is 48.3. The summed E-state index contributed by atoms with van der Waals surface area (Å²) in [5.74, 6) is 0. The van der Waals surface area contributed by atoms with Crippen molar-refractivity contribution in [2.24, 2.45) is 0 Å². The minimum absolute atomic E-state index is 0.891. The van der Waals surface area contributed by atoms with Crippen LogP contribution in [0.25, 0.3) is 54.3 Å². The quantitative estimate of drug-likeness (QED) is 0.202. The molecule has 46 heavy (non-hydrogen) atoms. The van der Waals surface area contributed by atoms with Crippen molar-refractivity contribution < 1.29 is 4.42 Å². The van der Waals surface area contributed by atoms with Crippen molar-refractivity contribution in [3.8, 4) is 0 Å². The van der Waals surface area contributed by atoms with Gasteiger partial charge in [-0.3, -0.25) is 0 Å². The molecule has 0 fully saturated rings. The Morgan fingerprint density at radius 1 is 0.478 bits per heavy atom. The number of nitrogens with one attached hydrogen (secondary N) is 1. The van der Waals surface area contributed by atoms with Crippen LogP contribution < -0.4 is 10.2 Å². The normalized spacial score (nSPS) is 11.8. The van der Waals surface area contributed by atoms with Gasteiger partial charge in [0, 0.05) is 38.6 Å². The van der Waals surface area contributed by atoms with Crippen LogP contribution in [0, 0.1) is 20.8 Å². The second-order valence-electron chi connectivity index (χ2n) is 12.5. The van der Waals surface area contributed by atoms with Crippen molar-refractivity contribution >= 4 is 82.7 Å². The third kappa shape index (κ3) is 4.05. The summed E-state index contributed by atoms with van der Waals surface area (Å²) >= 11 is 0. The molecule has 0 spiro atoms. The topological polar surface area (TPSA) is 28.4 Å². The summed E-state index contributed by atoms with van der Waals surface area (Å²) in [5.41, 5.74) is 10.9. The Kier molecular flexibility index (Phi) is 5.85. The highest BCUT2D eigenvalue weighted by Gasteiger charge is 2.23. The third-order valence-corrected chi connectivity index (χ3v) is 9.45. The summed E-state index contributed by atoms with van der Waals surface area (Å²) in [6.45, 7) is 6.37. The molecule has 3 heteroatoms. The highest BCUT2D eigenvalue weighted by atomic mass is 16.3. The fraction of sp³-hybridized carbons (Fsp3) is 0.0698. The Bertz CT molecular complexity index is 2580. The first-order chi connectivity index (χ1) is 22.5. The number of para-hydroxylation sites is 2. The van der Waals surface area contributed by atoms with Gasteiger partial charge >= 0.3 is 0 Å². The Labute approximate surface area is 267 Å². The molecule has 3 nitrogen and oxygen atoms in total. The van der Waals surface area contributed by atoms with Crippen molar-refractivity contribution in [2.45, 2.75) is 20.8 Å². The van der Waals surface area contributed by atoms with E-state index in [2.05, 4.69) is 164 Å². The summed E-state index contributed by atoms with van der Waals surface area (Å²) in [6.07, 6.45) is 0. The number of aryl methyl sites for hydroxylation is 3. The van der Waals surface area contributed by atoms with Crippen LogP contribution in [-0.4, -0.2) is 0 Å². The number of hydrogen-bond acceptors (Lipinski definition) is 3. The first-order valence-electron chi connectivity index (χ1n) is 15.9. The largest absolute Gasteiger partial charge is 0.454 e. The van der Waals surface area contributed by atoms with E-state index in [-0.39, 0.29) is 0 Å². The maximum absolute atomic E-state index is 6.72. The summed E-state index contributed by atoms with van der Waals surface area (Å²) in [5, 5.41) is 13.4.